The molecule has 0 aromatic heterocycles. The molecule has 1 unspecified atom stereocenters. The van der Waals surface area contributed by atoms with Gasteiger partial charge in [0.25, 0.3) is 0 Å². The molecular weight excluding hydrogens is 302 g/mol. The second-order valence-electron chi connectivity index (χ2n) is 8.91. The van der Waals surface area contributed by atoms with Crippen molar-refractivity contribution >= 4 is 0 Å². The van der Waals surface area contributed by atoms with Gasteiger partial charge >= 0.3 is 0 Å². The Balaban J connectivity index is 1.29. The fraction of sp³-hybridized carbons (Fsp3) is 1.00. The van der Waals surface area contributed by atoms with E-state index in [0.717, 1.165) is 19.1 Å². The van der Waals surface area contributed by atoms with E-state index in [-0.39, 0.29) is 17.7 Å². The van der Waals surface area contributed by atoms with Crippen LogP contribution in [0.25, 0.3) is 0 Å². The SMILES string of the molecule is CN1C2(CCC2)COCC1(CO)CNC1CCN(CC2CC2)CC1. The topological polar surface area (TPSA) is 48.0 Å². The summed E-state index contributed by atoms with van der Waals surface area (Å²) < 4.78 is 5.96. The van der Waals surface area contributed by atoms with E-state index >= 15 is 0 Å². The molecule has 2 aliphatic carbocycles. The van der Waals surface area contributed by atoms with Crippen LogP contribution in [-0.4, -0.2) is 85.1 Å². The summed E-state index contributed by atoms with van der Waals surface area (Å²) >= 11 is 0. The maximum Gasteiger partial charge on any atom is 0.0804 e. The van der Waals surface area contributed by atoms with Gasteiger partial charge in [0.1, 0.15) is 0 Å². The second-order valence-corrected chi connectivity index (χ2v) is 8.91. The van der Waals surface area contributed by atoms with Crippen LogP contribution in [0.15, 0.2) is 0 Å². The van der Waals surface area contributed by atoms with Crippen molar-refractivity contribution in [1.29, 1.82) is 0 Å². The van der Waals surface area contributed by atoms with Gasteiger partial charge < -0.3 is 20.1 Å². The highest BCUT2D eigenvalue weighted by molar-refractivity contribution is 5.08. The van der Waals surface area contributed by atoms with Crippen LogP contribution in [0.3, 0.4) is 0 Å². The average molecular weight is 338 g/mol. The molecule has 2 N–H and O–H groups in total. The van der Waals surface area contributed by atoms with Gasteiger partial charge in [-0.15, -0.1) is 0 Å². The maximum atomic E-state index is 10.2. The molecule has 4 aliphatic rings. The third kappa shape index (κ3) is 3.26. The zero-order chi connectivity index (χ0) is 16.6. The Morgan fingerprint density at radius 2 is 1.88 bits per heavy atom. The van der Waals surface area contributed by atoms with Crippen molar-refractivity contribution in [2.45, 2.75) is 62.1 Å². The second kappa shape index (κ2) is 6.84. The fourth-order valence-corrected chi connectivity index (χ4v) is 4.89. The number of hydrogen-bond acceptors (Lipinski definition) is 5. The van der Waals surface area contributed by atoms with Crippen LogP contribution in [0.4, 0.5) is 0 Å². The number of morpholine rings is 1. The Bertz CT molecular complexity index is 430. The van der Waals surface area contributed by atoms with Crippen LogP contribution < -0.4 is 5.32 Å². The van der Waals surface area contributed by atoms with Crippen LogP contribution >= 0.6 is 0 Å². The van der Waals surface area contributed by atoms with Gasteiger partial charge in [0.15, 0.2) is 0 Å². The molecule has 1 spiro atoms. The maximum absolute atomic E-state index is 10.2. The predicted octanol–water partition coefficient (Wildman–Crippen LogP) is 1.07. The molecule has 4 fully saturated rings. The van der Waals surface area contributed by atoms with Gasteiger partial charge in [-0.1, -0.05) is 0 Å². The number of likely N-dealkylation sites (tertiary alicyclic amines) is 1. The smallest absolute Gasteiger partial charge is 0.0804 e. The minimum atomic E-state index is -0.246. The molecule has 1 atom stereocenters. The van der Waals surface area contributed by atoms with Crippen molar-refractivity contribution in [1.82, 2.24) is 15.1 Å². The van der Waals surface area contributed by atoms with Crippen LogP contribution in [0.1, 0.15) is 44.9 Å². The highest BCUT2D eigenvalue weighted by atomic mass is 16.5. The van der Waals surface area contributed by atoms with E-state index in [9.17, 15) is 5.11 Å². The van der Waals surface area contributed by atoms with E-state index in [1.165, 1.54) is 64.6 Å². The zero-order valence-electron chi connectivity index (χ0n) is 15.3. The summed E-state index contributed by atoms with van der Waals surface area (Å²) in [4.78, 5) is 5.11. The minimum Gasteiger partial charge on any atom is -0.394 e. The summed E-state index contributed by atoms with van der Waals surface area (Å²) in [6.45, 7) is 6.30. The Kier molecular flexibility index (Phi) is 4.91. The number of rotatable bonds is 6. The van der Waals surface area contributed by atoms with Gasteiger partial charge in [-0.2, -0.15) is 0 Å². The Hall–Kier alpha value is -0.200. The van der Waals surface area contributed by atoms with Crippen molar-refractivity contribution in [2.75, 3.05) is 53.0 Å². The van der Waals surface area contributed by atoms with Gasteiger partial charge in [0.2, 0.25) is 0 Å². The normalized spacial score (nSPS) is 35.2. The summed E-state index contributed by atoms with van der Waals surface area (Å²) in [7, 11) is 2.21. The van der Waals surface area contributed by atoms with Crippen molar-refractivity contribution in [3.8, 4) is 0 Å². The van der Waals surface area contributed by atoms with Crippen LogP contribution in [-0.2, 0) is 4.74 Å². The molecule has 2 saturated carbocycles. The van der Waals surface area contributed by atoms with Crippen LogP contribution in [0, 0.1) is 5.92 Å². The molecule has 24 heavy (non-hydrogen) atoms. The standard InChI is InChI=1S/C19H35N3O2/c1-21-18(7-2-8-18)14-24-15-19(21,13-23)12-20-17-5-9-22(10-6-17)11-16-3-4-16/h16-17,20,23H,2-15H2,1H3. The lowest BCUT2D eigenvalue weighted by Crippen LogP contribution is -2.73. The number of nitrogens with one attached hydrogen (secondary N) is 1. The van der Waals surface area contributed by atoms with Crippen molar-refractivity contribution in [2.24, 2.45) is 5.92 Å². The molecule has 2 aliphatic heterocycles. The van der Waals surface area contributed by atoms with Gasteiger partial charge in [-0.05, 0) is 71.0 Å². The summed E-state index contributed by atoms with van der Waals surface area (Å²) in [6, 6.07) is 0.594. The number of likely N-dealkylation sites (N-methyl/N-ethyl adjacent to an activating group) is 1. The molecule has 0 bridgehead atoms. The lowest BCUT2D eigenvalue weighted by atomic mass is 9.72. The third-order valence-corrected chi connectivity index (χ3v) is 7.26. The monoisotopic (exact) mass is 337 g/mol. The number of nitrogens with zero attached hydrogens (tertiary/aromatic N) is 2. The summed E-state index contributed by atoms with van der Waals surface area (Å²) in [5, 5.41) is 14.0. The highest BCUT2D eigenvalue weighted by Crippen LogP contribution is 2.43. The van der Waals surface area contributed by atoms with E-state index in [1.807, 2.05) is 0 Å². The molecule has 0 radical (unpaired) electrons. The zero-order valence-corrected chi connectivity index (χ0v) is 15.3. The van der Waals surface area contributed by atoms with Crippen molar-refractivity contribution in [3.63, 3.8) is 0 Å². The molecule has 5 nitrogen and oxygen atoms in total. The van der Waals surface area contributed by atoms with Crippen molar-refractivity contribution in [3.05, 3.63) is 0 Å². The molecule has 5 heteroatoms. The third-order valence-electron chi connectivity index (χ3n) is 7.26. The molecular formula is C19H35N3O2. The van der Waals surface area contributed by atoms with Crippen LogP contribution in [0.2, 0.25) is 0 Å². The summed E-state index contributed by atoms with van der Waals surface area (Å²) in [6.07, 6.45) is 9.10. The quantitative estimate of drug-likeness (QED) is 0.759. The Morgan fingerprint density at radius 1 is 1.12 bits per heavy atom. The molecule has 4 rings (SSSR count). The van der Waals surface area contributed by atoms with Gasteiger partial charge in [-0.25, -0.2) is 0 Å². The average Bonchev–Trinajstić information content (AvgIpc) is 3.38. The number of ether oxygens (including phenoxy) is 1. The minimum absolute atomic E-state index is 0.179. The van der Waals surface area contributed by atoms with E-state index in [1.54, 1.807) is 0 Å². The lowest BCUT2D eigenvalue weighted by molar-refractivity contribution is -0.180. The lowest BCUT2D eigenvalue weighted by Gasteiger charge is -2.59. The molecule has 2 saturated heterocycles. The van der Waals surface area contributed by atoms with E-state index in [0.29, 0.717) is 12.6 Å². The Labute approximate surface area is 146 Å². The summed E-state index contributed by atoms with van der Waals surface area (Å²) in [5.74, 6) is 0.999. The molecule has 0 aromatic carbocycles. The molecule has 2 heterocycles. The predicted molar refractivity (Wildman–Crippen MR) is 95.2 cm³/mol. The fourth-order valence-electron chi connectivity index (χ4n) is 4.89. The van der Waals surface area contributed by atoms with E-state index in [4.69, 9.17) is 4.74 Å². The van der Waals surface area contributed by atoms with Gasteiger partial charge in [-0.3, -0.25) is 4.90 Å². The first-order valence-electron chi connectivity index (χ1n) is 10.0. The largest absolute Gasteiger partial charge is 0.394 e. The first-order valence-corrected chi connectivity index (χ1v) is 10.0. The van der Waals surface area contributed by atoms with Crippen LogP contribution in [0.5, 0.6) is 0 Å². The Morgan fingerprint density at radius 3 is 2.46 bits per heavy atom. The molecule has 0 aromatic rings. The number of aliphatic hydroxyl groups is 1. The first kappa shape index (κ1) is 17.2. The summed E-state index contributed by atoms with van der Waals surface area (Å²) in [5.41, 5.74) is -0.0555. The number of piperidine rings is 1. The van der Waals surface area contributed by atoms with E-state index in [2.05, 4.69) is 22.2 Å². The van der Waals surface area contributed by atoms with E-state index < -0.39 is 0 Å². The van der Waals surface area contributed by atoms with Crippen molar-refractivity contribution < 1.29 is 9.84 Å². The van der Waals surface area contributed by atoms with Gasteiger partial charge in [0, 0.05) is 24.7 Å². The molecule has 0 amide bonds. The molecule has 138 valence electrons. The first-order chi connectivity index (χ1) is 11.7. The number of aliphatic hydroxyl groups excluding tert-OH is 1. The number of hydrogen-bond donors (Lipinski definition) is 2. The van der Waals surface area contributed by atoms with Gasteiger partial charge in [0.05, 0.1) is 25.4 Å². The highest BCUT2D eigenvalue weighted by Gasteiger charge is 2.53.